The monoisotopic (exact) mass is 296 g/mol. The third-order valence-electron chi connectivity index (χ3n) is 3.06. The third-order valence-corrected chi connectivity index (χ3v) is 3.06. The number of nitro groups is 1. The lowest BCUT2D eigenvalue weighted by molar-refractivity contribution is -0.385. The van der Waals surface area contributed by atoms with Crippen LogP contribution in [0.4, 0.5) is 20.2 Å². The number of nitro benzene ring substituents is 1. The van der Waals surface area contributed by atoms with Crippen LogP contribution < -0.4 is 5.32 Å². The molecule has 1 fully saturated rings. The Bertz CT molecular complexity index is 677. The van der Waals surface area contributed by atoms with Gasteiger partial charge in [-0.2, -0.15) is 0 Å². The Balaban J connectivity index is 1.73. The molecule has 0 spiro atoms. The van der Waals surface area contributed by atoms with Crippen molar-refractivity contribution in [2.24, 2.45) is 0 Å². The minimum absolute atomic E-state index is 0.0641. The van der Waals surface area contributed by atoms with Crippen molar-refractivity contribution in [2.75, 3.05) is 5.32 Å². The van der Waals surface area contributed by atoms with Gasteiger partial charge in [0.15, 0.2) is 11.6 Å². The number of hydrogen-bond acceptors (Lipinski definition) is 6. The molecule has 0 saturated heterocycles. The minimum Gasteiger partial charge on any atom is -0.423 e. The summed E-state index contributed by atoms with van der Waals surface area (Å²) in [7, 11) is 0. The maximum absolute atomic E-state index is 13.6. The molecule has 1 aromatic heterocycles. The molecular formula is C12H10F2N4O3. The second-order valence-electron chi connectivity index (χ2n) is 4.70. The van der Waals surface area contributed by atoms with Crippen molar-refractivity contribution in [1.29, 1.82) is 0 Å². The summed E-state index contributed by atoms with van der Waals surface area (Å²) in [6.07, 6.45) is 2.00. The van der Waals surface area contributed by atoms with E-state index in [9.17, 15) is 18.9 Å². The van der Waals surface area contributed by atoms with Crippen LogP contribution in [0.5, 0.6) is 0 Å². The van der Waals surface area contributed by atoms with E-state index in [1.54, 1.807) is 0 Å². The molecule has 1 aliphatic carbocycles. The van der Waals surface area contributed by atoms with E-state index in [0.717, 1.165) is 12.8 Å². The zero-order valence-electron chi connectivity index (χ0n) is 10.7. The second-order valence-corrected chi connectivity index (χ2v) is 4.70. The number of nitrogens with one attached hydrogen (secondary N) is 1. The van der Waals surface area contributed by atoms with Crippen molar-refractivity contribution in [3.8, 4) is 0 Å². The van der Waals surface area contributed by atoms with Crippen LogP contribution in [-0.4, -0.2) is 15.1 Å². The van der Waals surface area contributed by atoms with Crippen molar-refractivity contribution in [3.63, 3.8) is 0 Å². The van der Waals surface area contributed by atoms with E-state index in [2.05, 4.69) is 15.5 Å². The van der Waals surface area contributed by atoms with Gasteiger partial charge in [-0.1, -0.05) is 0 Å². The van der Waals surface area contributed by atoms with Gasteiger partial charge in [-0.3, -0.25) is 10.1 Å². The molecule has 1 heterocycles. The van der Waals surface area contributed by atoms with Crippen molar-refractivity contribution in [3.05, 3.63) is 45.7 Å². The SMILES string of the molecule is O=[N+]([O-])c1cc(F)c(NCc2nnc(C3CC3)o2)c(F)c1. The van der Waals surface area contributed by atoms with Gasteiger partial charge in [0.2, 0.25) is 11.8 Å². The Kier molecular flexibility index (Phi) is 3.24. The zero-order chi connectivity index (χ0) is 15.0. The van der Waals surface area contributed by atoms with Gasteiger partial charge < -0.3 is 9.73 Å². The normalized spacial score (nSPS) is 14.2. The summed E-state index contributed by atoms with van der Waals surface area (Å²) in [6.45, 7) is -0.0641. The van der Waals surface area contributed by atoms with Crippen molar-refractivity contribution in [1.82, 2.24) is 10.2 Å². The first-order valence-corrected chi connectivity index (χ1v) is 6.24. The fourth-order valence-electron chi connectivity index (χ4n) is 1.83. The van der Waals surface area contributed by atoms with E-state index in [1.807, 2.05) is 0 Å². The Hall–Kier alpha value is -2.58. The summed E-state index contributed by atoms with van der Waals surface area (Å²) in [4.78, 5) is 9.62. The molecule has 2 aromatic rings. The molecule has 1 N–H and O–H groups in total. The lowest BCUT2D eigenvalue weighted by Crippen LogP contribution is -2.05. The molecule has 0 bridgehead atoms. The Morgan fingerprint density at radius 3 is 2.57 bits per heavy atom. The van der Waals surface area contributed by atoms with Crippen molar-refractivity contribution >= 4 is 11.4 Å². The minimum atomic E-state index is -1.05. The van der Waals surface area contributed by atoms with Gasteiger partial charge >= 0.3 is 0 Å². The molecule has 0 radical (unpaired) electrons. The average molecular weight is 296 g/mol. The standard InChI is InChI=1S/C12H10F2N4O3/c13-8-3-7(18(19)20)4-9(14)11(8)15-5-10-16-17-12(21-10)6-1-2-6/h3-4,6,15H,1-2,5H2. The number of nitrogens with zero attached hydrogens (tertiary/aromatic N) is 3. The van der Waals surface area contributed by atoms with Crippen LogP contribution in [0.25, 0.3) is 0 Å². The first-order valence-electron chi connectivity index (χ1n) is 6.24. The Morgan fingerprint density at radius 2 is 2.00 bits per heavy atom. The molecule has 110 valence electrons. The average Bonchev–Trinajstić information content (AvgIpc) is 3.17. The smallest absolute Gasteiger partial charge is 0.275 e. The summed E-state index contributed by atoms with van der Waals surface area (Å²) in [5, 5.41) is 20.6. The molecule has 0 amide bonds. The highest BCUT2D eigenvalue weighted by atomic mass is 19.1. The maximum atomic E-state index is 13.6. The maximum Gasteiger partial charge on any atom is 0.275 e. The first-order chi connectivity index (χ1) is 10.0. The van der Waals surface area contributed by atoms with Crippen LogP contribution in [0.15, 0.2) is 16.5 Å². The van der Waals surface area contributed by atoms with E-state index >= 15 is 0 Å². The summed E-state index contributed by atoms with van der Waals surface area (Å²) >= 11 is 0. The highest BCUT2D eigenvalue weighted by Crippen LogP contribution is 2.39. The molecule has 3 rings (SSSR count). The Labute approximate surface area is 117 Å². The molecule has 7 nitrogen and oxygen atoms in total. The van der Waals surface area contributed by atoms with Crippen LogP contribution in [-0.2, 0) is 6.54 Å². The number of halogens is 2. The topological polar surface area (TPSA) is 94.1 Å². The van der Waals surface area contributed by atoms with Crippen molar-refractivity contribution in [2.45, 2.75) is 25.3 Å². The highest BCUT2D eigenvalue weighted by molar-refractivity contribution is 5.51. The van der Waals surface area contributed by atoms with E-state index in [0.29, 0.717) is 23.9 Å². The summed E-state index contributed by atoms with van der Waals surface area (Å²) < 4.78 is 32.6. The largest absolute Gasteiger partial charge is 0.423 e. The van der Waals surface area contributed by atoms with Crippen LogP contribution in [0.1, 0.15) is 30.5 Å². The third kappa shape index (κ3) is 2.81. The predicted octanol–water partition coefficient (Wildman–Crippen LogP) is 2.75. The molecule has 1 aliphatic rings. The van der Waals surface area contributed by atoms with Gasteiger partial charge in [-0.05, 0) is 12.8 Å². The molecule has 9 heteroatoms. The molecule has 1 aromatic carbocycles. The number of rotatable bonds is 5. The molecule has 1 saturated carbocycles. The zero-order valence-corrected chi connectivity index (χ0v) is 10.7. The van der Waals surface area contributed by atoms with E-state index < -0.39 is 27.9 Å². The van der Waals surface area contributed by atoms with Crippen LogP contribution in [0, 0.1) is 21.7 Å². The molecule has 21 heavy (non-hydrogen) atoms. The summed E-state index contributed by atoms with van der Waals surface area (Å²) in [6, 6.07) is 1.30. The van der Waals surface area contributed by atoms with Gasteiger partial charge in [-0.15, -0.1) is 10.2 Å². The highest BCUT2D eigenvalue weighted by Gasteiger charge is 2.29. The molecule has 0 aliphatic heterocycles. The van der Waals surface area contributed by atoms with Gasteiger partial charge in [0.1, 0.15) is 5.69 Å². The lowest BCUT2D eigenvalue weighted by atomic mass is 10.2. The molecule has 0 atom stereocenters. The van der Waals surface area contributed by atoms with Crippen molar-refractivity contribution < 1.29 is 18.1 Å². The van der Waals surface area contributed by atoms with Gasteiger partial charge in [0.05, 0.1) is 23.6 Å². The van der Waals surface area contributed by atoms with Crippen LogP contribution >= 0.6 is 0 Å². The predicted molar refractivity (Wildman–Crippen MR) is 66.6 cm³/mol. The van der Waals surface area contributed by atoms with E-state index in [4.69, 9.17) is 4.42 Å². The quantitative estimate of drug-likeness (QED) is 0.673. The molecule has 0 unspecified atom stereocenters. The second kappa shape index (κ2) is 5.08. The fraction of sp³-hybridized carbons (Fsp3) is 0.333. The van der Waals surface area contributed by atoms with Gasteiger partial charge in [-0.25, -0.2) is 8.78 Å². The summed E-state index contributed by atoms with van der Waals surface area (Å²) in [5.41, 5.74) is -1.11. The number of non-ortho nitro benzene ring substituents is 1. The number of anilines is 1. The van der Waals surface area contributed by atoms with E-state index in [-0.39, 0.29) is 12.4 Å². The van der Waals surface area contributed by atoms with Gasteiger partial charge in [0.25, 0.3) is 5.69 Å². The summed E-state index contributed by atoms with van der Waals surface area (Å²) in [5.74, 6) is -1.09. The lowest BCUT2D eigenvalue weighted by Gasteiger charge is -2.06. The van der Waals surface area contributed by atoms with E-state index in [1.165, 1.54) is 0 Å². The molecular weight excluding hydrogens is 286 g/mol. The number of hydrogen-bond donors (Lipinski definition) is 1. The first kappa shape index (κ1) is 13.4. The van der Waals surface area contributed by atoms with Gasteiger partial charge in [0, 0.05) is 5.92 Å². The number of aromatic nitrogens is 2. The fourth-order valence-corrected chi connectivity index (χ4v) is 1.83. The van der Waals surface area contributed by atoms with Crippen LogP contribution in [0.2, 0.25) is 0 Å². The van der Waals surface area contributed by atoms with Crippen LogP contribution in [0.3, 0.4) is 0 Å². The Morgan fingerprint density at radius 1 is 1.33 bits per heavy atom. The number of benzene rings is 1.